The molecule has 0 spiro atoms. The second-order valence-corrected chi connectivity index (χ2v) is 6.60. The number of ether oxygens (including phenoxy) is 1. The summed E-state index contributed by atoms with van der Waals surface area (Å²) in [5.74, 6) is -5.18. The van der Waals surface area contributed by atoms with Crippen LogP contribution in [-0.4, -0.2) is 36.1 Å². The van der Waals surface area contributed by atoms with Crippen LogP contribution in [0, 0.1) is 0 Å². The summed E-state index contributed by atoms with van der Waals surface area (Å²) < 4.78 is 64.9. The van der Waals surface area contributed by atoms with E-state index in [-0.39, 0.29) is 0 Å². The molecule has 120 valence electrons. The Hall–Kier alpha value is -0.300. The predicted molar refractivity (Wildman–Crippen MR) is 66.7 cm³/mol. The van der Waals surface area contributed by atoms with Crippen molar-refractivity contribution >= 4 is 25.2 Å². The predicted octanol–water partition coefficient (Wildman–Crippen LogP) is 3.70. The van der Waals surface area contributed by atoms with Crippen molar-refractivity contribution in [2.45, 2.75) is 51.9 Å². The molecular formula is C10H17ClF3O5P. The molecule has 0 radical (unpaired) electrons. The lowest BCUT2D eigenvalue weighted by atomic mass is 10.5. The van der Waals surface area contributed by atoms with Crippen LogP contribution in [0.3, 0.4) is 0 Å². The number of esters is 1. The summed E-state index contributed by atoms with van der Waals surface area (Å²) in [7, 11) is -4.76. The highest BCUT2D eigenvalue weighted by atomic mass is 35.5. The van der Waals surface area contributed by atoms with E-state index < -0.39 is 43.7 Å². The molecule has 0 aliphatic heterocycles. The number of hydrogen-bond acceptors (Lipinski definition) is 5. The van der Waals surface area contributed by atoms with Gasteiger partial charge in [0.15, 0.2) is 0 Å². The molecule has 0 aliphatic rings. The van der Waals surface area contributed by atoms with Gasteiger partial charge in [-0.05, 0) is 27.7 Å². The minimum atomic E-state index is -5.11. The molecule has 0 aromatic carbocycles. The maximum atomic E-state index is 13.0. The van der Waals surface area contributed by atoms with Gasteiger partial charge in [-0.15, -0.1) is 11.6 Å². The SMILES string of the molecule is CC(C)OP(=O)(OC(C)C)[C@@H](OC(=O)CCl)C(F)(F)F. The molecular weight excluding hydrogens is 324 g/mol. The van der Waals surface area contributed by atoms with Gasteiger partial charge in [-0.3, -0.25) is 9.36 Å². The average molecular weight is 341 g/mol. The van der Waals surface area contributed by atoms with Gasteiger partial charge < -0.3 is 13.8 Å². The van der Waals surface area contributed by atoms with E-state index in [1.54, 1.807) is 0 Å². The highest BCUT2D eigenvalue weighted by Crippen LogP contribution is 2.60. The zero-order valence-electron chi connectivity index (χ0n) is 11.4. The molecule has 0 amide bonds. The zero-order valence-corrected chi connectivity index (χ0v) is 13.1. The molecule has 0 heterocycles. The van der Waals surface area contributed by atoms with Gasteiger partial charge in [-0.25, -0.2) is 0 Å². The van der Waals surface area contributed by atoms with Gasteiger partial charge in [-0.2, -0.15) is 13.2 Å². The van der Waals surface area contributed by atoms with Crippen LogP contribution in [0.25, 0.3) is 0 Å². The van der Waals surface area contributed by atoms with Crippen LogP contribution >= 0.6 is 19.2 Å². The third-order valence-electron chi connectivity index (χ3n) is 1.63. The highest BCUT2D eigenvalue weighted by molar-refractivity contribution is 7.54. The van der Waals surface area contributed by atoms with E-state index in [4.69, 9.17) is 20.6 Å². The molecule has 0 unspecified atom stereocenters. The molecule has 0 aromatic rings. The van der Waals surface area contributed by atoms with Crippen molar-refractivity contribution in [3.05, 3.63) is 0 Å². The van der Waals surface area contributed by atoms with Crippen molar-refractivity contribution in [3.63, 3.8) is 0 Å². The molecule has 0 fully saturated rings. The number of carbonyl (C=O) groups excluding carboxylic acids is 1. The Morgan fingerprint density at radius 1 is 1.15 bits per heavy atom. The van der Waals surface area contributed by atoms with Crippen molar-refractivity contribution in [2.75, 3.05) is 5.88 Å². The van der Waals surface area contributed by atoms with E-state index in [9.17, 15) is 22.5 Å². The van der Waals surface area contributed by atoms with E-state index in [1.165, 1.54) is 27.7 Å². The second kappa shape index (κ2) is 7.64. The summed E-state index contributed by atoms with van der Waals surface area (Å²) in [6, 6.07) is 0. The molecule has 0 N–H and O–H groups in total. The highest BCUT2D eigenvalue weighted by Gasteiger charge is 2.57. The minimum Gasteiger partial charge on any atom is -0.438 e. The topological polar surface area (TPSA) is 61.8 Å². The van der Waals surface area contributed by atoms with Crippen LogP contribution in [0.1, 0.15) is 27.7 Å². The summed E-state index contributed by atoms with van der Waals surface area (Å²) in [5, 5.41) is 0. The smallest absolute Gasteiger partial charge is 0.437 e. The molecule has 0 aromatic heterocycles. The normalized spacial score (nSPS) is 14.7. The largest absolute Gasteiger partial charge is 0.438 e. The first-order valence-electron chi connectivity index (χ1n) is 5.71. The molecule has 0 aliphatic carbocycles. The summed E-state index contributed by atoms with van der Waals surface area (Å²) >= 11 is 5.09. The van der Waals surface area contributed by atoms with E-state index in [0.29, 0.717) is 0 Å². The van der Waals surface area contributed by atoms with E-state index in [2.05, 4.69) is 4.74 Å². The van der Waals surface area contributed by atoms with Crippen LogP contribution in [0.15, 0.2) is 0 Å². The Balaban J connectivity index is 5.51. The molecule has 20 heavy (non-hydrogen) atoms. The van der Waals surface area contributed by atoms with Crippen LogP contribution in [-0.2, 0) is 23.1 Å². The van der Waals surface area contributed by atoms with E-state index >= 15 is 0 Å². The van der Waals surface area contributed by atoms with Crippen LogP contribution in [0.4, 0.5) is 13.2 Å². The van der Waals surface area contributed by atoms with Crippen LogP contribution in [0.5, 0.6) is 0 Å². The Kier molecular flexibility index (Phi) is 7.52. The number of rotatable bonds is 7. The van der Waals surface area contributed by atoms with Gasteiger partial charge >= 0.3 is 19.7 Å². The van der Waals surface area contributed by atoms with E-state index in [0.717, 1.165) is 0 Å². The first-order valence-corrected chi connectivity index (χ1v) is 7.85. The fourth-order valence-electron chi connectivity index (χ4n) is 1.19. The van der Waals surface area contributed by atoms with Crippen molar-refractivity contribution in [2.24, 2.45) is 0 Å². The van der Waals surface area contributed by atoms with Crippen molar-refractivity contribution in [3.8, 4) is 0 Å². The lowest BCUT2D eigenvalue weighted by molar-refractivity contribution is -0.203. The van der Waals surface area contributed by atoms with Gasteiger partial charge in [0, 0.05) is 0 Å². The van der Waals surface area contributed by atoms with Crippen LogP contribution < -0.4 is 0 Å². The second-order valence-electron chi connectivity index (χ2n) is 4.37. The van der Waals surface area contributed by atoms with E-state index in [1.807, 2.05) is 0 Å². The molecule has 0 bridgehead atoms. The molecule has 10 heteroatoms. The minimum absolute atomic E-state index is 0.810. The summed E-state index contributed by atoms with van der Waals surface area (Å²) in [6.45, 7) is 5.53. The van der Waals surface area contributed by atoms with Crippen molar-refractivity contribution in [1.82, 2.24) is 0 Å². The maximum absolute atomic E-state index is 13.0. The van der Waals surface area contributed by atoms with Gasteiger partial charge in [0.2, 0.25) is 0 Å². The quantitative estimate of drug-likeness (QED) is 0.402. The van der Waals surface area contributed by atoms with Gasteiger partial charge in [0.1, 0.15) is 5.88 Å². The number of halogens is 4. The average Bonchev–Trinajstić information content (AvgIpc) is 2.21. The summed E-state index contributed by atoms with van der Waals surface area (Å²) in [4.78, 5) is 11.0. The van der Waals surface area contributed by atoms with Gasteiger partial charge in [0.05, 0.1) is 12.2 Å². The third kappa shape index (κ3) is 6.43. The summed E-state index contributed by atoms with van der Waals surface area (Å²) in [6.07, 6.45) is -6.75. The first-order chi connectivity index (χ1) is 8.92. The van der Waals surface area contributed by atoms with Gasteiger partial charge in [-0.1, -0.05) is 0 Å². The fraction of sp³-hybridized carbons (Fsp3) is 0.900. The number of carbonyl (C=O) groups is 1. The van der Waals surface area contributed by atoms with Crippen LogP contribution in [0.2, 0.25) is 0 Å². The Morgan fingerprint density at radius 2 is 1.55 bits per heavy atom. The Bertz CT molecular complexity index is 358. The van der Waals surface area contributed by atoms with Crippen molar-refractivity contribution < 1.29 is 36.3 Å². The lowest BCUT2D eigenvalue weighted by Gasteiger charge is -2.30. The Labute approximate surface area is 120 Å². The maximum Gasteiger partial charge on any atom is 0.437 e. The standard InChI is InChI=1S/C10H17ClF3O5P/c1-6(2)18-20(16,19-7(3)4)9(10(12,13)14)17-8(15)5-11/h6-7,9H,5H2,1-4H3/t9-/m1/s1. The molecule has 0 rings (SSSR count). The monoisotopic (exact) mass is 340 g/mol. The fourth-order valence-corrected chi connectivity index (χ4v) is 3.30. The molecule has 1 atom stereocenters. The zero-order chi connectivity index (χ0) is 16.1. The Morgan fingerprint density at radius 3 is 1.80 bits per heavy atom. The van der Waals surface area contributed by atoms with Gasteiger partial charge in [0.25, 0.3) is 5.85 Å². The molecule has 5 nitrogen and oxygen atoms in total. The third-order valence-corrected chi connectivity index (χ3v) is 4.26. The summed E-state index contributed by atoms with van der Waals surface area (Å²) in [5.41, 5.74) is 0. The van der Waals surface area contributed by atoms with Crippen molar-refractivity contribution in [1.29, 1.82) is 0 Å². The molecule has 0 saturated heterocycles. The number of hydrogen-bond donors (Lipinski definition) is 0. The number of alkyl halides is 4. The molecule has 0 saturated carbocycles. The lowest BCUT2D eigenvalue weighted by Crippen LogP contribution is -2.36. The first kappa shape index (κ1) is 19.7.